The summed E-state index contributed by atoms with van der Waals surface area (Å²) in [6, 6.07) is 0. The molecule has 0 amide bonds. The highest BCUT2D eigenvalue weighted by Crippen LogP contribution is 2.63. The fourth-order valence-electron chi connectivity index (χ4n) is 6.33. The molecule has 0 aromatic heterocycles. The lowest BCUT2D eigenvalue weighted by Crippen LogP contribution is -2.48. The van der Waals surface area contributed by atoms with Gasteiger partial charge in [0.1, 0.15) is 0 Å². The molecule has 0 nitrogen and oxygen atoms in total. The largest absolute Gasteiger partial charge is 0.0877 e. The Morgan fingerprint density at radius 1 is 1.05 bits per heavy atom. The highest BCUT2D eigenvalue weighted by molar-refractivity contribution is 5.26. The van der Waals surface area contributed by atoms with Crippen LogP contribution in [-0.2, 0) is 0 Å². The van der Waals surface area contributed by atoms with E-state index in [2.05, 4.69) is 39.0 Å². The van der Waals surface area contributed by atoms with E-state index in [4.69, 9.17) is 0 Å². The zero-order valence-electron chi connectivity index (χ0n) is 13.5. The van der Waals surface area contributed by atoms with Crippen molar-refractivity contribution in [1.82, 2.24) is 0 Å². The van der Waals surface area contributed by atoms with Gasteiger partial charge in [0.25, 0.3) is 0 Å². The number of allylic oxidation sites excluding steroid dienone is 4. The van der Waals surface area contributed by atoms with Crippen molar-refractivity contribution in [1.29, 1.82) is 0 Å². The summed E-state index contributed by atoms with van der Waals surface area (Å²) in [6.07, 6.45) is 17.7. The summed E-state index contributed by atoms with van der Waals surface area (Å²) in [7, 11) is 0. The molecule has 0 spiro atoms. The molecule has 20 heavy (non-hydrogen) atoms. The lowest BCUT2D eigenvalue weighted by atomic mass is 9.47. The van der Waals surface area contributed by atoms with Gasteiger partial charge in [-0.25, -0.2) is 0 Å². The van der Waals surface area contributed by atoms with Crippen LogP contribution in [0.5, 0.6) is 0 Å². The molecule has 0 bridgehead atoms. The summed E-state index contributed by atoms with van der Waals surface area (Å²) in [4.78, 5) is 0. The molecule has 6 atom stereocenters. The van der Waals surface area contributed by atoms with Gasteiger partial charge < -0.3 is 0 Å². The minimum Gasteiger partial charge on any atom is -0.0877 e. The van der Waals surface area contributed by atoms with Crippen LogP contribution in [0.1, 0.15) is 65.7 Å². The van der Waals surface area contributed by atoms with Crippen molar-refractivity contribution in [3.63, 3.8) is 0 Å². The predicted octanol–water partition coefficient (Wildman–Crippen LogP) is 5.75. The van der Waals surface area contributed by atoms with Crippen LogP contribution in [0.15, 0.2) is 23.8 Å². The van der Waals surface area contributed by atoms with Gasteiger partial charge in [-0.15, -0.1) is 0 Å². The van der Waals surface area contributed by atoms with E-state index >= 15 is 0 Å². The van der Waals surface area contributed by atoms with Crippen molar-refractivity contribution in [2.45, 2.75) is 65.7 Å². The average molecular weight is 270 g/mol. The summed E-state index contributed by atoms with van der Waals surface area (Å²) in [5, 5.41) is 0. The molecule has 4 aliphatic carbocycles. The summed E-state index contributed by atoms with van der Waals surface area (Å²) in [5.74, 6) is 3.81. The molecule has 2 saturated carbocycles. The summed E-state index contributed by atoms with van der Waals surface area (Å²) in [5.41, 5.74) is 2.93. The van der Waals surface area contributed by atoms with Gasteiger partial charge in [0.15, 0.2) is 0 Å². The highest BCUT2D eigenvalue weighted by atomic mass is 14.6. The summed E-state index contributed by atoms with van der Waals surface area (Å²) < 4.78 is 0. The fourth-order valence-corrected chi connectivity index (χ4v) is 6.33. The Hall–Kier alpha value is -0.520. The van der Waals surface area contributed by atoms with Crippen molar-refractivity contribution in [3.05, 3.63) is 23.8 Å². The Balaban J connectivity index is 1.68. The van der Waals surface area contributed by atoms with Gasteiger partial charge in [-0.3, -0.25) is 0 Å². The van der Waals surface area contributed by atoms with E-state index in [0.717, 1.165) is 23.7 Å². The van der Waals surface area contributed by atoms with Gasteiger partial charge in [-0.1, -0.05) is 44.6 Å². The van der Waals surface area contributed by atoms with Crippen molar-refractivity contribution in [3.8, 4) is 0 Å². The fraction of sp³-hybridized carbons (Fsp3) is 0.800. The Labute approximate surface area is 124 Å². The standard InChI is InChI=1S/C20H30/c1-14-8-12-20(3)15(13-14)6-7-16-17-5-4-10-19(17,2)11-9-18(16)20/h4,6,10,14,16-18H,5,7-9,11-13H2,1-3H3/t14-,16?,17?,18?,19-,20-/m0/s1. The first-order valence-corrected chi connectivity index (χ1v) is 8.90. The normalized spacial score (nSPS) is 53.9. The third kappa shape index (κ3) is 1.66. The second-order valence-corrected chi connectivity index (χ2v) is 8.79. The topological polar surface area (TPSA) is 0 Å². The van der Waals surface area contributed by atoms with E-state index in [-0.39, 0.29) is 0 Å². The summed E-state index contributed by atoms with van der Waals surface area (Å²) >= 11 is 0. The van der Waals surface area contributed by atoms with Gasteiger partial charge in [-0.2, -0.15) is 0 Å². The van der Waals surface area contributed by atoms with Crippen LogP contribution in [0.25, 0.3) is 0 Å². The minimum absolute atomic E-state index is 0.533. The molecule has 4 rings (SSSR count). The van der Waals surface area contributed by atoms with Crippen LogP contribution >= 0.6 is 0 Å². The minimum atomic E-state index is 0.533. The van der Waals surface area contributed by atoms with Gasteiger partial charge in [0, 0.05) is 0 Å². The quantitative estimate of drug-likeness (QED) is 0.491. The molecule has 110 valence electrons. The monoisotopic (exact) mass is 270 g/mol. The third-order valence-corrected chi connectivity index (χ3v) is 7.68. The Morgan fingerprint density at radius 2 is 1.90 bits per heavy atom. The van der Waals surface area contributed by atoms with Gasteiger partial charge in [0.2, 0.25) is 0 Å². The van der Waals surface area contributed by atoms with Crippen molar-refractivity contribution >= 4 is 0 Å². The SMILES string of the molecule is C[C@H]1CC[C@@]2(C)C(=CCC3C4CC=C[C@@]4(C)CCC32)C1. The number of fused-ring (bicyclic) bond motifs is 5. The molecule has 2 fully saturated rings. The zero-order chi connectivity index (χ0) is 14.0. The maximum Gasteiger partial charge on any atom is -0.00851 e. The first kappa shape index (κ1) is 13.2. The van der Waals surface area contributed by atoms with E-state index in [9.17, 15) is 0 Å². The van der Waals surface area contributed by atoms with Crippen molar-refractivity contribution in [2.75, 3.05) is 0 Å². The maximum atomic E-state index is 2.68. The second kappa shape index (κ2) is 4.24. The van der Waals surface area contributed by atoms with E-state index in [1.165, 1.54) is 44.9 Å². The molecule has 3 unspecified atom stereocenters. The lowest BCUT2D eigenvalue weighted by Gasteiger charge is -2.57. The van der Waals surface area contributed by atoms with Crippen LogP contribution in [0.3, 0.4) is 0 Å². The van der Waals surface area contributed by atoms with E-state index in [1.807, 2.05) is 5.57 Å². The highest BCUT2D eigenvalue weighted by Gasteiger charge is 2.54. The molecule has 0 N–H and O–H groups in total. The molecule has 0 heterocycles. The Kier molecular flexibility index (Phi) is 2.79. The summed E-state index contributed by atoms with van der Waals surface area (Å²) in [6.45, 7) is 7.60. The second-order valence-electron chi connectivity index (χ2n) is 8.79. The molecule has 0 aromatic rings. The average Bonchev–Trinajstić information content (AvgIpc) is 2.81. The maximum absolute atomic E-state index is 2.68. The van der Waals surface area contributed by atoms with Crippen LogP contribution in [-0.4, -0.2) is 0 Å². The first-order chi connectivity index (χ1) is 9.53. The molecule has 0 heteroatoms. The molecular weight excluding hydrogens is 240 g/mol. The van der Waals surface area contributed by atoms with E-state index in [0.29, 0.717) is 10.8 Å². The molecule has 0 radical (unpaired) electrons. The molecule has 4 aliphatic rings. The number of rotatable bonds is 0. The van der Waals surface area contributed by atoms with E-state index < -0.39 is 0 Å². The van der Waals surface area contributed by atoms with Crippen LogP contribution in [0.4, 0.5) is 0 Å². The van der Waals surface area contributed by atoms with Crippen LogP contribution < -0.4 is 0 Å². The zero-order valence-corrected chi connectivity index (χ0v) is 13.5. The lowest BCUT2D eigenvalue weighted by molar-refractivity contribution is -0.0167. The van der Waals surface area contributed by atoms with Gasteiger partial charge in [-0.05, 0) is 79.4 Å². The van der Waals surface area contributed by atoms with Crippen molar-refractivity contribution < 1.29 is 0 Å². The van der Waals surface area contributed by atoms with Crippen LogP contribution in [0, 0.1) is 34.5 Å². The Morgan fingerprint density at radius 3 is 2.75 bits per heavy atom. The van der Waals surface area contributed by atoms with Crippen molar-refractivity contribution in [2.24, 2.45) is 34.5 Å². The Bertz CT molecular complexity index is 470. The predicted molar refractivity (Wildman–Crippen MR) is 85.4 cm³/mol. The molecule has 0 aliphatic heterocycles. The van der Waals surface area contributed by atoms with Gasteiger partial charge >= 0.3 is 0 Å². The third-order valence-electron chi connectivity index (χ3n) is 7.68. The van der Waals surface area contributed by atoms with E-state index in [1.54, 1.807) is 0 Å². The smallest absolute Gasteiger partial charge is 0.00851 e. The molecule has 0 saturated heterocycles. The van der Waals surface area contributed by atoms with Crippen LogP contribution in [0.2, 0.25) is 0 Å². The first-order valence-electron chi connectivity index (χ1n) is 8.90. The van der Waals surface area contributed by atoms with Gasteiger partial charge in [0.05, 0.1) is 0 Å². The molecule has 0 aromatic carbocycles. The number of hydrogen-bond acceptors (Lipinski definition) is 0. The molecular formula is C20H30. The number of hydrogen-bond donors (Lipinski definition) is 0.